The molecule has 3 aliphatic rings. The molecule has 1 aliphatic carbocycles. The second-order valence-electron chi connectivity index (χ2n) is 10.8. The standard InChI is InChI=1S/C28H37N3O4/c1-4-24(33)23-12-28-13-25(28)31(23)26(34)16-30-15-22(19(3)32)21-11-18(2)10-20(27(21)30)14-29-8-6-5-7-9-35-17-28/h10-11,15,23,25,29H,4-9,12-14,16-17H2,1-3H3/t23-,25+,28-/m0/s1. The van der Waals surface area contributed by atoms with Gasteiger partial charge in [0.15, 0.2) is 11.6 Å². The third-order valence-electron chi connectivity index (χ3n) is 8.15. The first kappa shape index (κ1) is 24.2. The Kier molecular flexibility index (Phi) is 6.57. The van der Waals surface area contributed by atoms with Crippen LogP contribution in [0.2, 0.25) is 0 Å². The molecule has 1 aromatic heterocycles. The maximum atomic E-state index is 13.8. The molecule has 1 saturated heterocycles. The SMILES string of the molecule is CCC(=O)[C@@H]1C[C@]23COCCCCCNCc4cc(C)cc5c(C(C)=O)cn(c45)CC(=O)N1[C@@H]2C3. The van der Waals surface area contributed by atoms with Gasteiger partial charge in [-0.1, -0.05) is 18.6 Å². The normalized spacial score (nSPS) is 27.5. The van der Waals surface area contributed by atoms with Gasteiger partial charge in [-0.15, -0.1) is 0 Å². The van der Waals surface area contributed by atoms with Gasteiger partial charge in [0.1, 0.15) is 6.54 Å². The number of hydrogen-bond donors (Lipinski definition) is 1. The molecule has 2 bridgehead atoms. The van der Waals surface area contributed by atoms with Crippen LogP contribution in [-0.4, -0.2) is 58.8 Å². The molecule has 1 aromatic carbocycles. The third-order valence-corrected chi connectivity index (χ3v) is 8.15. The Labute approximate surface area is 207 Å². The van der Waals surface area contributed by atoms with E-state index in [1.807, 2.05) is 35.6 Å². The average molecular weight is 480 g/mol. The number of nitrogens with one attached hydrogen (secondary N) is 1. The van der Waals surface area contributed by atoms with Crippen molar-refractivity contribution in [3.63, 3.8) is 0 Å². The Bertz CT molecular complexity index is 1170. The Morgan fingerprint density at radius 1 is 1.20 bits per heavy atom. The highest BCUT2D eigenvalue weighted by molar-refractivity contribution is 6.08. The molecule has 1 saturated carbocycles. The number of benzene rings is 1. The number of carbonyl (C=O) groups is 3. The first-order valence-corrected chi connectivity index (χ1v) is 13.1. The van der Waals surface area contributed by atoms with Crippen LogP contribution >= 0.6 is 0 Å². The summed E-state index contributed by atoms with van der Waals surface area (Å²) in [6, 6.07) is 3.89. The van der Waals surface area contributed by atoms with Gasteiger partial charge >= 0.3 is 0 Å². The van der Waals surface area contributed by atoms with Gasteiger partial charge in [-0.25, -0.2) is 0 Å². The van der Waals surface area contributed by atoms with E-state index in [0.717, 1.165) is 60.9 Å². The predicted molar refractivity (Wildman–Crippen MR) is 134 cm³/mol. The van der Waals surface area contributed by atoms with Crippen molar-refractivity contribution < 1.29 is 19.1 Å². The summed E-state index contributed by atoms with van der Waals surface area (Å²) in [5, 5.41) is 4.45. The molecule has 2 aliphatic heterocycles. The first-order valence-electron chi connectivity index (χ1n) is 13.1. The molecular weight excluding hydrogens is 442 g/mol. The van der Waals surface area contributed by atoms with E-state index in [-0.39, 0.29) is 41.5 Å². The molecule has 7 heteroatoms. The van der Waals surface area contributed by atoms with Crippen molar-refractivity contribution in [3.8, 4) is 0 Å². The highest BCUT2D eigenvalue weighted by atomic mass is 16.5. The number of rotatable bonds is 3. The largest absolute Gasteiger partial charge is 0.381 e. The van der Waals surface area contributed by atoms with Crippen LogP contribution in [0.5, 0.6) is 0 Å². The van der Waals surface area contributed by atoms with Gasteiger partial charge in [-0.05, 0) is 64.1 Å². The van der Waals surface area contributed by atoms with Gasteiger partial charge in [0.2, 0.25) is 5.91 Å². The molecule has 1 N–H and O–H groups in total. The van der Waals surface area contributed by atoms with Crippen molar-refractivity contribution in [2.75, 3.05) is 19.8 Å². The lowest BCUT2D eigenvalue weighted by Crippen LogP contribution is -2.44. The van der Waals surface area contributed by atoms with Crippen LogP contribution in [-0.2, 0) is 27.4 Å². The summed E-state index contributed by atoms with van der Waals surface area (Å²) < 4.78 is 8.00. The summed E-state index contributed by atoms with van der Waals surface area (Å²) in [5.74, 6) is 0.0741. The number of nitrogens with zero attached hydrogens (tertiary/aromatic N) is 2. The van der Waals surface area contributed by atoms with Gasteiger partial charge in [-0.3, -0.25) is 14.4 Å². The molecule has 3 atom stereocenters. The number of aryl methyl sites for hydroxylation is 1. The lowest BCUT2D eigenvalue weighted by atomic mass is 9.97. The lowest BCUT2D eigenvalue weighted by Gasteiger charge is -2.27. The van der Waals surface area contributed by atoms with Gasteiger partial charge in [0.05, 0.1) is 18.2 Å². The number of amides is 1. The van der Waals surface area contributed by atoms with Crippen LogP contribution in [0, 0.1) is 12.3 Å². The predicted octanol–water partition coefficient (Wildman–Crippen LogP) is 3.78. The van der Waals surface area contributed by atoms with Crippen LogP contribution in [0.25, 0.3) is 10.9 Å². The molecular formula is C28H37N3O4. The molecule has 7 nitrogen and oxygen atoms in total. The van der Waals surface area contributed by atoms with E-state index in [1.165, 1.54) is 0 Å². The van der Waals surface area contributed by atoms with Gasteiger partial charge < -0.3 is 19.5 Å². The number of piperidine rings is 1. The fraction of sp³-hybridized carbons (Fsp3) is 0.607. The zero-order chi connectivity index (χ0) is 24.7. The van der Waals surface area contributed by atoms with Gasteiger partial charge in [-0.2, -0.15) is 0 Å². The number of carbonyl (C=O) groups excluding carboxylic acids is 3. The monoisotopic (exact) mass is 479 g/mol. The Morgan fingerprint density at radius 3 is 2.80 bits per heavy atom. The minimum absolute atomic E-state index is 0.00795. The van der Waals surface area contributed by atoms with E-state index in [4.69, 9.17) is 4.74 Å². The van der Waals surface area contributed by atoms with Crippen LogP contribution < -0.4 is 5.32 Å². The Morgan fingerprint density at radius 2 is 2.03 bits per heavy atom. The van der Waals surface area contributed by atoms with Crippen LogP contribution in [0.4, 0.5) is 0 Å². The highest BCUT2D eigenvalue weighted by Gasteiger charge is 2.66. The fourth-order valence-electron chi connectivity index (χ4n) is 6.29. The summed E-state index contributed by atoms with van der Waals surface area (Å²) in [7, 11) is 0. The third kappa shape index (κ3) is 4.45. The van der Waals surface area contributed by atoms with Crippen molar-refractivity contribution in [2.45, 2.75) is 84.5 Å². The smallest absolute Gasteiger partial charge is 0.243 e. The number of Topliss-reactive ketones (excluding diaryl/α,β-unsaturated/α-hetero) is 2. The number of aromatic nitrogens is 1. The van der Waals surface area contributed by atoms with Crippen LogP contribution in [0.1, 0.15) is 73.9 Å². The maximum absolute atomic E-state index is 13.8. The molecule has 3 heterocycles. The summed E-state index contributed by atoms with van der Waals surface area (Å²) in [5.41, 5.74) is 3.70. The fourth-order valence-corrected chi connectivity index (χ4v) is 6.29. The molecule has 2 aromatic rings. The minimum atomic E-state index is -0.369. The Hall–Kier alpha value is -2.51. The van der Waals surface area contributed by atoms with Gasteiger partial charge in [0, 0.05) is 48.2 Å². The molecule has 0 radical (unpaired) electrons. The highest BCUT2D eigenvalue weighted by Crippen LogP contribution is 2.60. The molecule has 0 spiro atoms. The quantitative estimate of drug-likeness (QED) is 0.678. The lowest BCUT2D eigenvalue weighted by molar-refractivity contribution is -0.139. The van der Waals surface area contributed by atoms with Crippen molar-refractivity contribution in [1.29, 1.82) is 0 Å². The van der Waals surface area contributed by atoms with Crippen molar-refractivity contribution in [3.05, 3.63) is 35.0 Å². The zero-order valence-electron chi connectivity index (χ0n) is 21.2. The first-order chi connectivity index (χ1) is 16.8. The summed E-state index contributed by atoms with van der Waals surface area (Å²) in [6.07, 6.45) is 7.06. The molecule has 1 amide bonds. The number of hydrogen-bond acceptors (Lipinski definition) is 5. The van der Waals surface area contributed by atoms with Crippen LogP contribution in [0.15, 0.2) is 18.3 Å². The van der Waals surface area contributed by atoms with E-state index in [1.54, 1.807) is 6.92 Å². The number of ether oxygens (including phenoxy) is 1. The Balaban J connectivity index is 1.55. The molecule has 0 unspecified atom stereocenters. The summed E-state index contributed by atoms with van der Waals surface area (Å²) in [4.78, 5) is 41.0. The minimum Gasteiger partial charge on any atom is -0.381 e. The van der Waals surface area contributed by atoms with E-state index in [2.05, 4.69) is 11.4 Å². The van der Waals surface area contributed by atoms with Crippen molar-refractivity contribution >= 4 is 28.4 Å². The van der Waals surface area contributed by atoms with Crippen molar-refractivity contribution in [1.82, 2.24) is 14.8 Å². The molecule has 35 heavy (non-hydrogen) atoms. The zero-order valence-corrected chi connectivity index (χ0v) is 21.2. The van der Waals surface area contributed by atoms with E-state index >= 15 is 0 Å². The van der Waals surface area contributed by atoms with Gasteiger partial charge in [0.25, 0.3) is 0 Å². The van der Waals surface area contributed by atoms with E-state index < -0.39 is 0 Å². The summed E-state index contributed by atoms with van der Waals surface area (Å²) in [6.45, 7) is 8.56. The average Bonchev–Trinajstić information content (AvgIpc) is 3.23. The van der Waals surface area contributed by atoms with Crippen molar-refractivity contribution in [2.24, 2.45) is 5.41 Å². The second-order valence-corrected chi connectivity index (χ2v) is 10.8. The van der Waals surface area contributed by atoms with E-state index in [9.17, 15) is 14.4 Å². The number of ketones is 2. The maximum Gasteiger partial charge on any atom is 0.243 e. The topological polar surface area (TPSA) is 80.6 Å². The van der Waals surface area contributed by atoms with E-state index in [0.29, 0.717) is 31.6 Å². The second kappa shape index (κ2) is 9.51. The molecule has 5 rings (SSSR count). The molecule has 188 valence electrons. The molecule has 2 fully saturated rings. The summed E-state index contributed by atoms with van der Waals surface area (Å²) >= 11 is 0. The van der Waals surface area contributed by atoms with Crippen LogP contribution in [0.3, 0.4) is 0 Å².